The van der Waals surface area contributed by atoms with Crippen LogP contribution in [0.3, 0.4) is 0 Å². The number of carboxylic acid groups (broad SMARTS) is 1. The first-order chi connectivity index (χ1) is 8.58. The molecule has 5 N–H and O–H groups in total. The van der Waals surface area contributed by atoms with Crippen molar-refractivity contribution in [3.05, 3.63) is 23.9 Å². The van der Waals surface area contributed by atoms with Crippen LogP contribution in [0.1, 0.15) is 10.5 Å². The SMILES string of the molecule is NC(=O)N1CNc2c1ccc1[nH]c(C(=O)O)cc21. The summed E-state index contributed by atoms with van der Waals surface area (Å²) in [6, 6.07) is 4.44. The maximum Gasteiger partial charge on any atom is 0.352 e. The van der Waals surface area contributed by atoms with Gasteiger partial charge < -0.3 is 21.1 Å². The molecule has 0 spiro atoms. The molecule has 0 fully saturated rings. The van der Waals surface area contributed by atoms with E-state index in [4.69, 9.17) is 10.8 Å². The number of nitrogens with one attached hydrogen (secondary N) is 2. The smallest absolute Gasteiger partial charge is 0.352 e. The number of nitrogens with zero attached hydrogens (tertiary/aromatic N) is 1. The van der Waals surface area contributed by atoms with Crippen molar-refractivity contribution in [2.45, 2.75) is 0 Å². The molecule has 1 aromatic carbocycles. The van der Waals surface area contributed by atoms with E-state index in [1.54, 1.807) is 12.1 Å². The van der Waals surface area contributed by atoms with Gasteiger partial charge in [0.1, 0.15) is 5.69 Å². The highest BCUT2D eigenvalue weighted by atomic mass is 16.4. The van der Waals surface area contributed by atoms with Gasteiger partial charge in [-0.2, -0.15) is 0 Å². The van der Waals surface area contributed by atoms with E-state index >= 15 is 0 Å². The van der Waals surface area contributed by atoms with Crippen LogP contribution in [0.4, 0.5) is 16.2 Å². The third-order valence-corrected chi connectivity index (χ3v) is 2.98. The summed E-state index contributed by atoms with van der Waals surface area (Å²) in [5, 5.41) is 12.7. The van der Waals surface area contributed by atoms with Gasteiger partial charge in [0.25, 0.3) is 0 Å². The summed E-state index contributed by atoms with van der Waals surface area (Å²) in [6.45, 7) is 0.289. The summed E-state index contributed by atoms with van der Waals surface area (Å²) >= 11 is 0. The number of benzene rings is 1. The molecule has 1 aliphatic heterocycles. The standard InChI is InChI=1S/C11H10N4O3/c12-11(18)15-4-13-9-5-3-7(10(16)17)14-6(5)1-2-8(9)15/h1-3,13-14H,4H2,(H2,12,18)(H,16,17). The first-order valence-corrected chi connectivity index (χ1v) is 5.28. The molecule has 1 aromatic heterocycles. The maximum absolute atomic E-state index is 11.2. The molecule has 18 heavy (non-hydrogen) atoms. The monoisotopic (exact) mass is 246 g/mol. The zero-order valence-electron chi connectivity index (χ0n) is 9.23. The van der Waals surface area contributed by atoms with Crippen LogP contribution in [0.15, 0.2) is 18.2 Å². The number of fused-ring (bicyclic) bond motifs is 3. The highest BCUT2D eigenvalue weighted by Gasteiger charge is 2.25. The lowest BCUT2D eigenvalue weighted by atomic mass is 10.2. The molecule has 0 atom stereocenters. The molecule has 0 unspecified atom stereocenters. The van der Waals surface area contributed by atoms with Crippen LogP contribution in [-0.2, 0) is 0 Å². The Morgan fingerprint density at radius 1 is 1.39 bits per heavy atom. The van der Waals surface area contributed by atoms with Crippen LogP contribution < -0.4 is 16.0 Å². The fraction of sp³-hybridized carbons (Fsp3) is 0.0909. The van der Waals surface area contributed by atoms with Crippen molar-refractivity contribution in [3.8, 4) is 0 Å². The molecule has 2 heterocycles. The van der Waals surface area contributed by atoms with E-state index in [0.29, 0.717) is 11.2 Å². The number of aromatic carboxylic acids is 1. The van der Waals surface area contributed by atoms with Gasteiger partial charge in [-0.3, -0.25) is 4.90 Å². The van der Waals surface area contributed by atoms with Crippen molar-refractivity contribution in [2.24, 2.45) is 5.73 Å². The number of hydrogen-bond acceptors (Lipinski definition) is 3. The number of rotatable bonds is 1. The normalized spacial score (nSPS) is 13.4. The van der Waals surface area contributed by atoms with Crippen LogP contribution in [0.25, 0.3) is 10.9 Å². The second-order valence-corrected chi connectivity index (χ2v) is 4.01. The fourth-order valence-corrected chi connectivity index (χ4v) is 2.16. The number of carboxylic acids is 1. The first kappa shape index (κ1) is 10.5. The summed E-state index contributed by atoms with van der Waals surface area (Å²) < 4.78 is 0. The van der Waals surface area contributed by atoms with Crippen LogP contribution >= 0.6 is 0 Å². The van der Waals surface area contributed by atoms with E-state index in [1.807, 2.05) is 0 Å². The predicted molar refractivity (Wildman–Crippen MR) is 65.8 cm³/mol. The molecule has 0 bridgehead atoms. The summed E-state index contributed by atoms with van der Waals surface area (Å²) in [5.74, 6) is -1.02. The van der Waals surface area contributed by atoms with Crippen molar-refractivity contribution in [3.63, 3.8) is 0 Å². The largest absolute Gasteiger partial charge is 0.477 e. The Kier molecular flexibility index (Phi) is 1.97. The summed E-state index contributed by atoms with van der Waals surface area (Å²) in [5.41, 5.74) is 7.44. The number of hydrogen-bond donors (Lipinski definition) is 4. The maximum atomic E-state index is 11.2. The molecule has 2 amide bonds. The van der Waals surface area contributed by atoms with Crippen molar-refractivity contribution in [1.29, 1.82) is 0 Å². The molecule has 7 heteroatoms. The lowest BCUT2D eigenvalue weighted by Gasteiger charge is -2.11. The molecule has 0 radical (unpaired) electrons. The molecule has 0 aliphatic carbocycles. The van der Waals surface area contributed by atoms with E-state index in [9.17, 15) is 9.59 Å². The zero-order chi connectivity index (χ0) is 12.9. The van der Waals surface area contributed by atoms with Gasteiger partial charge in [-0.1, -0.05) is 0 Å². The summed E-state index contributed by atoms with van der Waals surface area (Å²) in [7, 11) is 0. The highest BCUT2D eigenvalue weighted by molar-refractivity contribution is 6.08. The number of carbonyl (C=O) groups excluding carboxylic acids is 1. The molecular weight excluding hydrogens is 236 g/mol. The van der Waals surface area contributed by atoms with Gasteiger partial charge in [0.15, 0.2) is 0 Å². The molecule has 0 saturated heterocycles. The Labute approximate surface area is 101 Å². The third-order valence-electron chi connectivity index (χ3n) is 2.98. The summed E-state index contributed by atoms with van der Waals surface area (Å²) in [4.78, 5) is 26.3. The average Bonchev–Trinajstić information content (AvgIpc) is 2.91. The van der Waals surface area contributed by atoms with E-state index in [2.05, 4.69) is 10.3 Å². The van der Waals surface area contributed by atoms with Gasteiger partial charge in [-0.15, -0.1) is 0 Å². The Morgan fingerprint density at radius 2 is 2.17 bits per heavy atom. The number of anilines is 2. The predicted octanol–water partition coefficient (Wildman–Crippen LogP) is 1.13. The van der Waals surface area contributed by atoms with Gasteiger partial charge in [-0.25, -0.2) is 9.59 Å². The molecule has 0 saturated carbocycles. The number of urea groups is 1. The van der Waals surface area contributed by atoms with Crippen molar-refractivity contribution >= 4 is 34.3 Å². The van der Waals surface area contributed by atoms with Gasteiger partial charge in [0, 0.05) is 10.9 Å². The first-order valence-electron chi connectivity index (χ1n) is 5.28. The lowest BCUT2D eigenvalue weighted by molar-refractivity contribution is 0.0691. The lowest BCUT2D eigenvalue weighted by Crippen LogP contribution is -2.35. The minimum Gasteiger partial charge on any atom is -0.477 e. The van der Waals surface area contributed by atoms with Crippen LogP contribution in [0.2, 0.25) is 0 Å². The van der Waals surface area contributed by atoms with Crippen molar-refractivity contribution in [2.75, 3.05) is 16.9 Å². The molecule has 92 valence electrons. The van der Waals surface area contributed by atoms with Crippen LogP contribution in [0.5, 0.6) is 0 Å². The number of nitrogens with two attached hydrogens (primary N) is 1. The van der Waals surface area contributed by atoms with E-state index in [0.717, 1.165) is 11.1 Å². The highest BCUT2D eigenvalue weighted by Crippen LogP contribution is 2.37. The molecular formula is C11H10N4O3. The van der Waals surface area contributed by atoms with Gasteiger partial charge in [0.05, 0.1) is 18.0 Å². The van der Waals surface area contributed by atoms with Crippen LogP contribution in [-0.4, -0.2) is 28.8 Å². The Balaban J connectivity index is 2.21. The Bertz CT molecular complexity index is 676. The third kappa shape index (κ3) is 1.30. The topological polar surface area (TPSA) is 111 Å². The molecule has 2 aromatic rings. The quantitative estimate of drug-likeness (QED) is 0.604. The minimum atomic E-state index is -1.02. The van der Waals surface area contributed by atoms with Crippen molar-refractivity contribution in [1.82, 2.24) is 4.98 Å². The minimum absolute atomic E-state index is 0.109. The van der Waals surface area contributed by atoms with Crippen molar-refractivity contribution < 1.29 is 14.7 Å². The van der Waals surface area contributed by atoms with E-state index in [1.165, 1.54) is 11.0 Å². The number of carbonyl (C=O) groups is 2. The van der Waals surface area contributed by atoms with Crippen LogP contribution in [0, 0.1) is 0 Å². The molecule has 1 aliphatic rings. The number of H-pyrrole nitrogens is 1. The van der Waals surface area contributed by atoms with Gasteiger partial charge >= 0.3 is 12.0 Å². The summed E-state index contributed by atoms with van der Waals surface area (Å²) in [6.07, 6.45) is 0. The van der Waals surface area contributed by atoms with E-state index < -0.39 is 12.0 Å². The Morgan fingerprint density at radius 3 is 2.83 bits per heavy atom. The van der Waals surface area contributed by atoms with Gasteiger partial charge in [0.2, 0.25) is 0 Å². The average molecular weight is 246 g/mol. The molecule has 3 rings (SSSR count). The number of primary amides is 1. The Hall–Kier alpha value is -2.70. The number of amides is 2. The van der Waals surface area contributed by atoms with Gasteiger partial charge in [-0.05, 0) is 18.2 Å². The van der Waals surface area contributed by atoms with E-state index in [-0.39, 0.29) is 12.4 Å². The number of aromatic nitrogens is 1. The second kappa shape index (κ2) is 3.39. The number of aromatic amines is 1. The fourth-order valence-electron chi connectivity index (χ4n) is 2.16. The zero-order valence-corrected chi connectivity index (χ0v) is 9.23. The molecule has 7 nitrogen and oxygen atoms in total. The second-order valence-electron chi connectivity index (χ2n) is 4.01.